The number of hydrogen-bond acceptors (Lipinski definition) is 2. The van der Waals surface area contributed by atoms with E-state index in [-0.39, 0.29) is 5.91 Å². The molecule has 0 spiro atoms. The third kappa shape index (κ3) is 5.00. The minimum Gasteiger partial charge on any atom is -0.353 e. The molecule has 4 heteroatoms. The van der Waals surface area contributed by atoms with Gasteiger partial charge in [0.1, 0.15) is 0 Å². The predicted octanol–water partition coefficient (Wildman–Crippen LogP) is 1.36. The van der Waals surface area contributed by atoms with Gasteiger partial charge >= 0.3 is 0 Å². The van der Waals surface area contributed by atoms with Crippen molar-refractivity contribution in [2.45, 2.75) is 26.3 Å². The molecule has 0 saturated heterocycles. The van der Waals surface area contributed by atoms with E-state index in [1.165, 1.54) is 6.08 Å². The van der Waals surface area contributed by atoms with Gasteiger partial charge in [-0.05, 0) is 25.8 Å². The molecular weight excluding hydrogens is 190 g/mol. The topological polar surface area (TPSA) is 46.9 Å². The Balaban J connectivity index is 2.00. The molecule has 0 radical (unpaired) electrons. The lowest BCUT2D eigenvalue weighted by molar-refractivity contribution is -0.116. The maximum Gasteiger partial charge on any atom is 0.243 e. The third-order valence-corrected chi connectivity index (χ3v) is 2.02. The zero-order valence-electron chi connectivity index (χ0n) is 9.02. The zero-order valence-corrected chi connectivity index (χ0v) is 9.02. The van der Waals surface area contributed by atoms with Gasteiger partial charge in [-0.2, -0.15) is 0 Å². The second-order valence-electron chi connectivity index (χ2n) is 3.30. The van der Waals surface area contributed by atoms with Crippen molar-refractivity contribution in [2.24, 2.45) is 0 Å². The van der Waals surface area contributed by atoms with Gasteiger partial charge in [-0.25, -0.2) is 4.98 Å². The number of allylic oxidation sites excluding steroid dienone is 1. The molecule has 1 rings (SSSR count). The Morgan fingerprint density at radius 2 is 2.40 bits per heavy atom. The van der Waals surface area contributed by atoms with Crippen molar-refractivity contribution in [1.82, 2.24) is 14.9 Å². The Morgan fingerprint density at radius 1 is 1.53 bits per heavy atom. The predicted molar refractivity (Wildman–Crippen MR) is 59.3 cm³/mol. The molecule has 1 N–H and O–H groups in total. The van der Waals surface area contributed by atoms with Crippen molar-refractivity contribution >= 4 is 5.91 Å². The molecule has 1 amide bonds. The molecule has 0 bridgehead atoms. The van der Waals surface area contributed by atoms with Crippen LogP contribution in [0.25, 0.3) is 0 Å². The number of nitrogens with zero attached hydrogens (tertiary/aromatic N) is 2. The fourth-order valence-corrected chi connectivity index (χ4v) is 1.26. The van der Waals surface area contributed by atoms with Gasteiger partial charge in [-0.15, -0.1) is 0 Å². The fraction of sp³-hybridized carbons (Fsp3) is 0.455. The largest absolute Gasteiger partial charge is 0.353 e. The molecule has 0 aliphatic carbocycles. The van der Waals surface area contributed by atoms with Crippen LogP contribution in [0.5, 0.6) is 0 Å². The Labute approximate surface area is 90.0 Å². The summed E-state index contributed by atoms with van der Waals surface area (Å²) in [5.74, 6) is -0.0138. The number of aromatic nitrogens is 2. The molecule has 0 aliphatic rings. The Hall–Kier alpha value is -1.58. The second-order valence-corrected chi connectivity index (χ2v) is 3.30. The Bertz CT molecular complexity index is 304. The number of nitrogens with one attached hydrogen (secondary N) is 1. The van der Waals surface area contributed by atoms with Gasteiger partial charge in [-0.3, -0.25) is 4.79 Å². The summed E-state index contributed by atoms with van der Waals surface area (Å²) >= 11 is 0. The molecular formula is C11H17N3O. The standard InChI is InChI=1S/C11H17N3O/c1-2-5-11(15)13-6-3-4-8-14-9-7-12-10-14/h2,5,7,9-10H,3-4,6,8H2,1H3,(H,13,15)/b5-2+. The molecule has 1 aromatic heterocycles. The second kappa shape index (κ2) is 6.81. The molecule has 4 nitrogen and oxygen atoms in total. The summed E-state index contributed by atoms with van der Waals surface area (Å²) in [6.45, 7) is 3.52. The highest BCUT2D eigenvalue weighted by atomic mass is 16.1. The number of carbonyl (C=O) groups excluding carboxylic acids is 1. The highest BCUT2D eigenvalue weighted by Crippen LogP contribution is 1.93. The molecule has 1 heterocycles. The van der Waals surface area contributed by atoms with Crippen LogP contribution in [-0.2, 0) is 11.3 Å². The van der Waals surface area contributed by atoms with Crippen molar-refractivity contribution in [1.29, 1.82) is 0 Å². The highest BCUT2D eigenvalue weighted by Gasteiger charge is 1.94. The van der Waals surface area contributed by atoms with Gasteiger partial charge in [-0.1, -0.05) is 6.08 Å². The number of hydrogen-bond donors (Lipinski definition) is 1. The first-order valence-corrected chi connectivity index (χ1v) is 5.19. The summed E-state index contributed by atoms with van der Waals surface area (Å²) in [4.78, 5) is 15.0. The van der Waals surface area contributed by atoms with E-state index in [2.05, 4.69) is 10.3 Å². The van der Waals surface area contributed by atoms with E-state index in [1.54, 1.807) is 18.6 Å². The van der Waals surface area contributed by atoms with Crippen molar-refractivity contribution < 1.29 is 4.79 Å². The first kappa shape index (κ1) is 11.5. The molecule has 0 atom stereocenters. The minimum atomic E-state index is -0.0138. The van der Waals surface area contributed by atoms with Crippen LogP contribution >= 0.6 is 0 Å². The molecule has 0 aromatic carbocycles. The van der Waals surface area contributed by atoms with Crippen molar-refractivity contribution in [3.8, 4) is 0 Å². The molecule has 0 saturated carbocycles. The molecule has 0 unspecified atom stereocenters. The number of aryl methyl sites for hydroxylation is 1. The van der Waals surface area contributed by atoms with Gasteiger partial charge in [0, 0.05) is 25.5 Å². The van der Waals surface area contributed by atoms with Crippen LogP contribution in [0.15, 0.2) is 30.9 Å². The van der Waals surface area contributed by atoms with E-state index in [1.807, 2.05) is 17.7 Å². The summed E-state index contributed by atoms with van der Waals surface area (Å²) in [6.07, 6.45) is 10.8. The third-order valence-electron chi connectivity index (χ3n) is 2.02. The zero-order chi connectivity index (χ0) is 10.9. The van der Waals surface area contributed by atoms with Crippen LogP contribution < -0.4 is 5.32 Å². The number of amides is 1. The van der Waals surface area contributed by atoms with Crippen LogP contribution in [0.4, 0.5) is 0 Å². The maximum atomic E-state index is 11.0. The number of imidazole rings is 1. The lowest BCUT2D eigenvalue weighted by Gasteiger charge is -2.03. The first-order chi connectivity index (χ1) is 7.33. The smallest absolute Gasteiger partial charge is 0.243 e. The number of rotatable bonds is 6. The molecule has 0 aliphatic heterocycles. The van der Waals surface area contributed by atoms with Crippen molar-refractivity contribution in [2.75, 3.05) is 6.54 Å². The van der Waals surface area contributed by atoms with Gasteiger partial charge in [0.25, 0.3) is 0 Å². The summed E-state index contributed by atoms with van der Waals surface area (Å²) < 4.78 is 2.04. The fourth-order valence-electron chi connectivity index (χ4n) is 1.26. The van der Waals surface area contributed by atoms with Crippen LogP contribution in [0, 0.1) is 0 Å². The summed E-state index contributed by atoms with van der Waals surface area (Å²) in [5, 5.41) is 2.81. The monoisotopic (exact) mass is 207 g/mol. The summed E-state index contributed by atoms with van der Waals surface area (Å²) in [6, 6.07) is 0. The van der Waals surface area contributed by atoms with Crippen LogP contribution in [-0.4, -0.2) is 22.0 Å². The van der Waals surface area contributed by atoms with Crippen molar-refractivity contribution in [3.63, 3.8) is 0 Å². The van der Waals surface area contributed by atoms with Gasteiger partial charge in [0.05, 0.1) is 6.33 Å². The average molecular weight is 207 g/mol. The normalized spacial score (nSPS) is 10.7. The van der Waals surface area contributed by atoms with Crippen LogP contribution in [0.2, 0.25) is 0 Å². The average Bonchev–Trinajstić information content (AvgIpc) is 2.70. The summed E-state index contributed by atoms with van der Waals surface area (Å²) in [5.41, 5.74) is 0. The SMILES string of the molecule is C/C=C/C(=O)NCCCCn1ccnc1. The quantitative estimate of drug-likeness (QED) is 0.565. The summed E-state index contributed by atoms with van der Waals surface area (Å²) in [7, 11) is 0. The van der Waals surface area contributed by atoms with E-state index in [4.69, 9.17) is 0 Å². The van der Waals surface area contributed by atoms with E-state index in [0.29, 0.717) is 0 Å². The van der Waals surface area contributed by atoms with Crippen LogP contribution in [0.3, 0.4) is 0 Å². The first-order valence-electron chi connectivity index (χ1n) is 5.19. The van der Waals surface area contributed by atoms with Gasteiger partial charge in [0.2, 0.25) is 5.91 Å². The van der Waals surface area contributed by atoms with Crippen molar-refractivity contribution in [3.05, 3.63) is 30.9 Å². The highest BCUT2D eigenvalue weighted by molar-refractivity contribution is 5.87. The van der Waals surface area contributed by atoms with Gasteiger partial charge in [0.15, 0.2) is 0 Å². The number of carbonyl (C=O) groups is 1. The lowest BCUT2D eigenvalue weighted by Crippen LogP contribution is -2.22. The molecule has 1 aromatic rings. The van der Waals surface area contributed by atoms with E-state index in [0.717, 1.165) is 25.9 Å². The number of unbranched alkanes of at least 4 members (excludes halogenated alkanes) is 1. The Kier molecular flexibility index (Phi) is 5.22. The minimum absolute atomic E-state index is 0.0138. The maximum absolute atomic E-state index is 11.0. The van der Waals surface area contributed by atoms with E-state index >= 15 is 0 Å². The van der Waals surface area contributed by atoms with Gasteiger partial charge < -0.3 is 9.88 Å². The lowest BCUT2D eigenvalue weighted by atomic mass is 10.3. The molecule has 82 valence electrons. The van der Waals surface area contributed by atoms with E-state index < -0.39 is 0 Å². The van der Waals surface area contributed by atoms with E-state index in [9.17, 15) is 4.79 Å². The van der Waals surface area contributed by atoms with Crippen LogP contribution in [0.1, 0.15) is 19.8 Å². The molecule has 15 heavy (non-hydrogen) atoms. The molecule has 0 fully saturated rings. The Morgan fingerprint density at radius 3 is 3.07 bits per heavy atom.